The smallest absolute Gasteiger partial charge is 0.256 e. The second-order valence-corrected chi connectivity index (χ2v) is 6.55. The highest BCUT2D eigenvalue weighted by Gasteiger charge is 2.18. The molecule has 2 rings (SSSR count). The van der Waals surface area contributed by atoms with Gasteiger partial charge >= 0.3 is 0 Å². The molecule has 0 unspecified atom stereocenters. The van der Waals surface area contributed by atoms with E-state index in [0.717, 1.165) is 15.7 Å². The number of aromatic nitrogens is 3. The molecule has 2 aromatic rings. The Hall–Kier alpha value is -2.16. The van der Waals surface area contributed by atoms with Gasteiger partial charge in [-0.2, -0.15) is 15.0 Å². The van der Waals surface area contributed by atoms with E-state index in [1.165, 1.54) is 0 Å². The molecular formula is C16H23ClN6O2. The predicted octanol–water partition coefficient (Wildman–Crippen LogP) is 3.35. The van der Waals surface area contributed by atoms with Crippen molar-refractivity contribution in [2.45, 2.75) is 46.3 Å². The summed E-state index contributed by atoms with van der Waals surface area (Å²) in [6, 6.07) is 6.90. The fourth-order valence-corrected chi connectivity index (χ4v) is 2.01. The highest BCUT2D eigenvalue weighted by atomic mass is 35.5. The molecular weight excluding hydrogens is 344 g/mol. The molecule has 1 aromatic carbocycles. The molecule has 0 aliphatic heterocycles. The minimum Gasteiger partial charge on any atom is -0.350 e. The minimum absolute atomic E-state index is 0.0540. The van der Waals surface area contributed by atoms with Crippen molar-refractivity contribution in [3.8, 4) is 0 Å². The van der Waals surface area contributed by atoms with Crippen LogP contribution in [0.1, 0.15) is 33.3 Å². The van der Waals surface area contributed by atoms with E-state index in [-0.39, 0.29) is 29.9 Å². The Bertz CT molecular complexity index is 663. The van der Waals surface area contributed by atoms with E-state index >= 15 is 0 Å². The summed E-state index contributed by atoms with van der Waals surface area (Å²) < 4.78 is 0. The second-order valence-electron chi connectivity index (χ2n) is 6.12. The van der Waals surface area contributed by atoms with Crippen LogP contribution in [0.3, 0.4) is 0 Å². The number of nitrogens with zero attached hydrogens (tertiary/aromatic N) is 5. The Kier molecular flexibility index (Phi) is 6.35. The van der Waals surface area contributed by atoms with Crippen LogP contribution in [0.4, 0.5) is 17.8 Å². The van der Waals surface area contributed by atoms with Gasteiger partial charge in [0.25, 0.3) is 11.9 Å². The van der Waals surface area contributed by atoms with Gasteiger partial charge in [-0.3, -0.25) is 10.4 Å². The summed E-state index contributed by atoms with van der Waals surface area (Å²) in [6.45, 7) is 7.64. The number of benzene rings is 1. The van der Waals surface area contributed by atoms with Gasteiger partial charge in [0, 0.05) is 11.6 Å². The zero-order valence-electron chi connectivity index (χ0n) is 14.7. The summed E-state index contributed by atoms with van der Waals surface area (Å²) in [5.74, 6) is 0.353. The van der Waals surface area contributed by atoms with Crippen LogP contribution < -0.4 is 15.4 Å². The summed E-state index contributed by atoms with van der Waals surface area (Å²) in [7, 11) is 0. The summed E-state index contributed by atoms with van der Waals surface area (Å²) in [5.41, 5.74) is 0.988. The molecule has 0 bridgehead atoms. The highest BCUT2D eigenvalue weighted by molar-refractivity contribution is 6.30. The predicted molar refractivity (Wildman–Crippen MR) is 97.4 cm³/mol. The molecule has 136 valence electrons. The molecule has 0 saturated heterocycles. The molecule has 0 atom stereocenters. The van der Waals surface area contributed by atoms with Crippen molar-refractivity contribution in [2.24, 2.45) is 0 Å². The lowest BCUT2D eigenvalue weighted by Gasteiger charge is -2.23. The fraction of sp³-hybridized carbons (Fsp3) is 0.438. The molecule has 1 heterocycles. The standard InChI is InChI=1S/C16H23ClN6O2/c1-10(2)22(24)15-19-14(20-16(21-15)23(25)11(3)4)18-9-12-5-7-13(17)8-6-12/h5-8,10-11,24-25H,9H2,1-4H3,(H,18,19,20,21). The second kappa shape index (κ2) is 8.28. The molecule has 9 heteroatoms. The Morgan fingerprint density at radius 1 is 0.920 bits per heavy atom. The van der Waals surface area contributed by atoms with E-state index in [2.05, 4.69) is 20.3 Å². The number of halogens is 1. The van der Waals surface area contributed by atoms with Gasteiger partial charge in [0.15, 0.2) is 0 Å². The van der Waals surface area contributed by atoms with Gasteiger partial charge in [-0.15, -0.1) is 0 Å². The van der Waals surface area contributed by atoms with Crippen molar-refractivity contribution in [3.63, 3.8) is 0 Å². The molecule has 0 aliphatic rings. The molecule has 3 N–H and O–H groups in total. The molecule has 0 amide bonds. The summed E-state index contributed by atoms with van der Waals surface area (Å²) in [6.07, 6.45) is 0. The minimum atomic E-state index is -0.231. The van der Waals surface area contributed by atoms with Crippen molar-refractivity contribution in [1.29, 1.82) is 0 Å². The van der Waals surface area contributed by atoms with Crippen LogP contribution in [0.25, 0.3) is 0 Å². The lowest BCUT2D eigenvalue weighted by atomic mass is 10.2. The van der Waals surface area contributed by atoms with Crippen LogP contribution in [-0.4, -0.2) is 37.5 Å². The van der Waals surface area contributed by atoms with Gasteiger partial charge < -0.3 is 5.32 Å². The third kappa shape index (κ3) is 5.15. The van der Waals surface area contributed by atoms with E-state index in [1.54, 1.807) is 39.8 Å². The Balaban J connectivity index is 2.26. The number of nitrogens with one attached hydrogen (secondary N) is 1. The third-order valence-electron chi connectivity index (χ3n) is 3.36. The lowest BCUT2D eigenvalue weighted by molar-refractivity contribution is 0.214. The largest absolute Gasteiger partial charge is 0.350 e. The normalized spacial score (nSPS) is 11.1. The molecule has 0 fully saturated rings. The van der Waals surface area contributed by atoms with Gasteiger partial charge in [0.05, 0.1) is 12.1 Å². The molecule has 0 spiro atoms. The number of hydrogen-bond donors (Lipinski definition) is 3. The Labute approximate surface area is 152 Å². The van der Waals surface area contributed by atoms with Crippen LogP contribution in [-0.2, 0) is 6.54 Å². The van der Waals surface area contributed by atoms with Crippen LogP contribution in [0.15, 0.2) is 24.3 Å². The Morgan fingerprint density at radius 3 is 1.84 bits per heavy atom. The molecule has 0 aliphatic carbocycles. The van der Waals surface area contributed by atoms with Crippen LogP contribution >= 0.6 is 11.6 Å². The summed E-state index contributed by atoms with van der Waals surface area (Å²) in [4.78, 5) is 12.5. The van der Waals surface area contributed by atoms with Crippen LogP contribution in [0.5, 0.6) is 0 Å². The Morgan fingerprint density at radius 2 is 1.40 bits per heavy atom. The maximum absolute atomic E-state index is 10.1. The maximum atomic E-state index is 10.1. The van der Waals surface area contributed by atoms with Gasteiger partial charge in [0.2, 0.25) is 5.95 Å². The van der Waals surface area contributed by atoms with E-state index < -0.39 is 0 Å². The summed E-state index contributed by atoms with van der Waals surface area (Å²) in [5, 5.41) is 25.8. The first-order chi connectivity index (χ1) is 11.8. The zero-order valence-corrected chi connectivity index (χ0v) is 15.4. The zero-order chi connectivity index (χ0) is 18.6. The van der Waals surface area contributed by atoms with E-state index in [0.29, 0.717) is 11.6 Å². The van der Waals surface area contributed by atoms with Crippen LogP contribution in [0, 0.1) is 0 Å². The highest BCUT2D eigenvalue weighted by Crippen LogP contribution is 2.18. The van der Waals surface area contributed by atoms with Crippen LogP contribution in [0.2, 0.25) is 5.02 Å². The first-order valence-electron chi connectivity index (χ1n) is 7.98. The fourth-order valence-electron chi connectivity index (χ4n) is 1.88. The molecule has 8 nitrogen and oxygen atoms in total. The van der Waals surface area contributed by atoms with Crippen molar-refractivity contribution in [3.05, 3.63) is 34.9 Å². The number of hydroxylamine groups is 2. The van der Waals surface area contributed by atoms with Gasteiger partial charge in [0.1, 0.15) is 0 Å². The monoisotopic (exact) mass is 366 g/mol. The molecule has 0 radical (unpaired) electrons. The molecule has 25 heavy (non-hydrogen) atoms. The first-order valence-corrected chi connectivity index (χ1v) is 8.36. The average molecular weight is 367 g/mol. The third-order valence-corrected chi connectivity index (χ3v) is 3.62. The van der Waals surface area contributed by atoms with E-state index in [1.807, 2.05) is 12.1 Å². The van der Waals surface area contributed by atoms with Gasteiger partial charge in [-0.1, -0.05) is 23.7 Å². The lowest BCUT2D eigenvalue weighted by Crippen LogP contribution is -2.32. The topological polar surface area (TPSA) is 97.6 Å². The van der Waals surface area contributed by atoms with Crippen molar-refractivity contribution >= 4 is 29.4 Å². The molecule has 1 aromatic heterocycles. The number of anilines is 3. The average Bonchev–Trinajstić information content (AvgIpc) is 2.59. The maximum Gasteiger partial charge on any atom is 0.256 e. The van der Waals surface area contributed by atoms with Crippen molar-refractivity contribution in [1.82, 2.24) is 15.0 Å². The van der Waals surface area contributed by atoms with Crippen molar-refractivity contribution < 1.29 is 10.4 Å². The summed E-state index contributed by atoms with van der Waals surface area (Å²) >= 11 is 5.88. The van der Waals surface area contributed by atoms with E-state index in [9.17, 15) is 10.4 Å². The number of rotatable bonds is 7. The van der Waals surface area contributed by atoms with Gasteiger partial charge in [-0.05, 0) is 45.4 Å². The SMILES string of the molecule is CC(C)N(O)c1nc(NCc2ccc(Cl)cc2)nc(N(O)C(C)C)n1. The van der Waals surface area contributed by atoms with E-state index in [4.69, 9.17) is 11.6 Å². The van der Waals surface area contributed by atoms with Crippen molar-refractivity contribution in [2.75, 3.05) is 15.4 Å². The first kappa shape index (κ1) is 19.2. The molecule has 0 saturated carbocycles. The quantitative estimate of drug-likeness (QED) is 0.642. The number of hydrogen-bond acceptors (Lipinski definition) is 8. The van der Waals surface area contributed by atoms with Gasteiger partial charge in [-0.25, -0.2) is 10.1 Å².